The predicted molar refractivity (Wildman–Crippen MR) is 84.5 cm³/mol. The van der Waals surface area contributed by atoms with Gasteiger partial charge >= 0.3 is 5.97 Å². The first-order valence-corrected chi connectivity index (χ1v) is 8.27. The third-order valence-corrected chi connectivity index (χ3v) is 4.07. The zero-order chi connectivity index (χ0) is 15.9. The molecule has 1 rings (SSSR count). The van der Waals surface area contributed by atoms with E-state index in [9.17, 15) is 4.79 Å². The van der Waals surface area contributed by atoms with Gasteiger partial charge in [0.1, 0.15) is 11.8 Å². The summed E-state index contributed by atoms with van der Waals surface area (Å²) in [5.74, 6) is 0.728. The van der Waals surface area contributed by atoms with Crippen molar-refractivity contribution in [3.63, 3.8) is 0 Å². The van der Waals surface area contributed by atoms with Crippen LogP contribution in [0.25, 0.3) is 0 Å². The quantitative estimate of drug-likeness (QED) is 0.429. The van der Waals surface area contributed by atoms with Crippen LogP contribution in [0.4, 0.5) is 0 Å². The number of unbranched alkanes of at least 4 members (excludes halogenated alkanes) is 1. The van der Waals surface area contributed by atoms with Gasteiger partial charge in [0.2, 0.25) is 0 Å². The summed E-state index contributed by atoms with van der Waals surface area (Å²) < 4.78 is 10.2. The van der Waals surface area contributed by atoms with Crippen LogP contribution in [-0.2, 0) is 9.53 Å². The molecular weight excluding hydrogens is 288 g/mol. The maximum absolute atomic E-state index is 11.9. The van der Waals surface area contributed by atoms with Crippen LogP contribution in [-0.4, -0.2) is 35.4 Å². The Morgan fingerprint density at radius 3 is 2.76 bits per heavy atom. The summed E-state index contributed by atoms with van der Waals surface area (Å²) in [4.78, 5) is 16.2. The summed E-state index contributed by atoms with van der Waals surface area (Å²) in [7, 11) is 1.43. The molecule has 0 aliphatic rings. The van der Waals surface area contributed by atoms with Gasteiger partial charge in [0.25, 0.3) is 5.22 Å². The Bertz CT molecular complexity index is 448. The number of nitrogens with one attached hydrogen (secondary N) is 1. The Labute approximate surface area is 131 Å². The van der Waals surface area contributed by atoms with E-state index in [2.05, 4.69) is 10.3 Å². The molecule has 1 aromatic rings. The third kappa shape index (κ3) is 6.09. The molecule has 0 saturated carbocycles. The Hall–Kier alpha value is -1.01. The molecule has 1 N–H and O–H groups in total. The van der Waals surface area contributed by atoms with Crippen LogP contribution < -0.4 is 5.32 Å². The van der Waals surface area contributed by atoms with Gasteiger partial charge in [0, 0.05) is 11.8 Å². The first-order chi connectivity index (χ1) is 9.87. The Morgan fingerprint density at radius 2 is 2.24 bits per heavy atom. The Morgan fingerprint density at radius 1 is 1.52 bits per heavy atom. The van der Waals surface area contributed by atoms with Gasteiger partial charge in [0.15, 0.2) is 0 Å². The predicted octanol–water partition coefficient (Wildman–Crippen LogP) is 3.18. The normalized spacial score (nSPS) is 14.2. The molecular formula is C15H26N2O3S. The van der Waals surface area contributed by atoms with E-state index in [0.29, 0.717) is 5.22 Å². The van der Waals surface area contributed by atoms with E-state index in [4.69, 9.17) is 9.15 Å². The second-order valence-electron chi connectivity index (χ2n) is 5.68. The molecule has 0 spiro atoms. The molecule has 0 amide bonds. The zero-order valence-electron chi connectivity index (χ0n) is 13.6. The molecule has 0 bridgehead atoms. The monoisotopic (exact) mass is 314 g/mol. The maximum Gasteiger partial charge on any atom is 0.325 e. The van der Waals surface area contributed by atoms with Crippen LogP contribution in [0.3, 0.4) is 0 Å². The lowest BCUT2D eigenvalue weighted by Gasteiger charge is -2.30. The van der Waals surface area contributed by atoms with Crippen LogP contribution in [0, 0.1) is 6.92 Å². The number of hydrogen-bond donors (Lipinski definition) is 1. The van der Waals surface area contributed by atoms with E-state index in [1.807, 2.05) is 27.7 Å². The molecule has 1 aromatic heterocycles. The Balaban J connectivity index is 2.34. The number of carbonyl (C=O) groups excluding carboxylic acids is 1. The lowest BCUT2D eigenvalue weighted by molar-refractivity contribution is -0.148. The zero-order valence-corrected chi connectivity index (χ0v) is 14.4. The smallest absolute Gasteiger partial charge is 0.325 e. The highest BCUT2D eigenvalue weighted by atomic mass is 32.2. The average molecular weight is 314 g/mol. The van der Waals surface area contributed by atoms with Crippen molar-refractivity contribution >= 4 is 17.7 Å². The van der Waals surface area contributed by atoms with Crippen molar-refractivity contribution in [1.29, 1.82) is 0 Å². The maximum atomic E-state index is 11.9. The molecule has 1 unspecified atom stereocenters. The van der Waals surface area contributed by atoms with Crippen LogP contribution in [0.5, 0.6) is 0 Å². The van der Waals surface area contributed by atoms with Gasteiger partial charge in [-0.3, -0.25) is 10.1 Å². The molecule has 21 heavy (non-hydrogen) atoms. The number of ether oxygens (including phenoxy) is 1. The molecule has 5 nitrogen and oxygen atoms in total. The van der Waals surface area contributed by atoms with Gasteiger partial charge in [-0.15, -0.1) is 0 Å². The molecule has 1 atom stereocenters. The average Bonchev–Trinajstić information content (AvgIpc) is 2.82. The van der Waals surface area contributed by atoms with Crippen molar-refractivity contribution < 1.29 is 13.9 Å². The number of oxazole rings is 1. The highest BCUT2D eigenvalue weighted by Crippen LogP contribution is 2.21. The van der Waals surface area contributed by atoms with Gasteiger partial charge in [-0.2, -0.15) is 0 Å². The van der Waals surface area contributed by atoms with Gasteiger partial charge in [0.05, 0.1) is 12.8 Å². The highest BCUT2D eigenvalue weighted by Gasteiger charge is 2.33. The van der Waals surface area contributed by atoms with Crippen LogP contribution in [0.15, 0.2) is 15.9 Å². The van der Waals surface area contributed by atoms with Crippen molar-refractivity contribution in [1.82, 2.24) is 10.3 Å². The first-order valence-electron chi connectivity index (χ1n) is 7.28. The molecule has 120 valence electrons. The number of methoxy groups -OCH3 is 1. The number of hydrogen-bond acceptors (Lipinski definition) is 6. The number of esters is 1. The van der Waals surface area contributed by atoms with Crippen molar-refractivity contribution in [2.24, 2.45) is 0 Å². The van der Waals surface area contributed by atoms with Crippen molar-refractivity contribution in [3.8, 4) is 0 Å². The molecule has 6 heteroatoms. The van der Waals surface area contributed by atoms with E-state index >= 15 is 0 Å². The van der Waals surface area contributed by atoms with E-state index in [0.717, 1.165) is 30.7 Å². The standard InChI is InChI=1S/C15H26N2O3S/c1-11(2)17-15(4,13(18)19-5)8-6-7-9-21-14-16-12(3)10-20-14/h10-11,17H,6-9H2,1-5H3. The minimum absolute atomic E-state index is 0.202. The minimum atomic E-state index is -0.618. The number of aromatic nitrogens is 1. The first kappa shape index (κ1) is 18.0. The fourth-order valence-electron chi connectivity index (χ4n) is 2.23. The summed E-state index contributed by atoms with van der Waals surface area (Å²) in [6.45, 7) is 7.88. The number of thioether (sulfide) groups is 1. The van der Waals surface area contributed by atoms with Gasteiger partial charge in [-0.1, -0.05) is 18.2 Å². The molecule has 0 aliphatic heterocycles. The van der Waals surface area contributed by atoms with Crippen LogP contribution >= 0.6 is 11.8 Å². The highest BCUT2D eigenvalue weighted by molar-refractivity contribution is 7.99. The van der Waals surface area contributed by atoms with Gasteiger partial charge in [-0.05, 0) is 40.5 Å². The van der Waals surface area contributed by atoms with Gasteiger partial charge in [-0.25, -0.2) is 4.98 Å². The topological polar surface area (TPSA) is 64.4 Å². The summed E-state index contributed by atoms with van der Waals surface area (Å²) in [6.07, 6.45) is 4.35. The summed E-state index contributed by atoms with van der Waals surface area (Å²) in [5, 5.41) is 4.02. The molecule has 0 aliphatic carbocycles. The van der Waals surface area contributed by atoms with Crippen LogP contribution in [0.1, 0.15) is 45.7 Å². The second-order valence-corrected chi connectivity index (χ2v) is 6.73. The van der Waals surface area contributed by atoms with E-state index in [1.165, 1.54) is 7.11 Å². The van der Waals surface area contributed by atoms with Gasteiger partial charge < -0.3 is 9.15 Å². The van der Waals surface area contributed by atoms with Crippen molar-refractivity contribution in [2.45, 2.75) is 63.8 Å². The fraction of sp³-hybridized carbons (Fsp3) is 0.733. The van der Waals surface area contributed by atoms with Crippen molar-refractivity contribution in [3.05, 3.63) is 12.0 Å². The SMILES string of the molecule is COC(=O)C(C)(CCCCSc1nc(C)co1)NC(C)C. The number of rotatable bonds is 9. The number of aryl methyl sites for hydroxylation is 1. The van der Waals surface area contributed by atoms with E-state index in [-0.39, 0.29) is 12.0 Å². The minimum Gasteiger partial charge on any atom is -0.468 e. The Kier molecular flexibility index (Phi) is 7.25. The lowest BCUT2D eigenvalue weighted by atomic mass is 9.94. The number of nitrogens with zero attached hydrogens (tertiary/aromatic N) is 1. The fourth-order valence-corrected chi connectivity index (χ4v) is 3.08. The lowest BCUT2D eigenvalue weighted by Crippen LogP contribution is -2.52. The van der Waals surface area contributed by atoms with E-state index < -0.39 is 5.54 Å². The summed E-state index contributed by atoms with van der Waals surface area (Å²) in [6, 6.07) is 0.235. The molecule has 0 fully saturated rings. The molecule has 1 heterocycles. The molecule has 0 saturated heterocycles. The number of carbonyl (C=O) groups is 1. The third-order valence-electron chi connectivity index (χ3n) is 3.14. The van der Waals surface area contributed by atoms with Crippen molar-refractivity contribution in [2.75, 3.05) is 12.9 Å². The van der Waals surface area contributed by atoms with E-state index in [1.54, 1.807) is 18.0 Å². The summed E-state index contributed by atoms with van der Waals surface area (Å²) in [5.41, 5.74) is 0.282. The molecule has 0 aromatic carbocycles. The second kappa shape index (κ2) is 8.44. The summed E-state index contributed by atoms with van der Waals surface area (Å²) >= 11 is 1.61. The molecule has 0 radical (unpaired) electrons. The van der Waals surface area contributed by atoms with Crippen LogP contribution in [0.2, 0.25) is 0 Å². The largest absolute Gasteiger partial charge is 0.468 e.